The lowest BCUT2D eigenvalue weighted by Gasteiger charge is -1.88. The molecule has 0 spiro atoms. The van der Waals surface area contributed by atoms with Crippen LogP contribution in [0.4, 0.5) is 0 Å². The number of nitrogens with two attached hydrogens (primary N) is 1. The van der Waals surface area contributed by atoms with Crippen molar-refractivity contribution in [2.75, 3.05) is 6.54 Å². The van der Waals surface area contributed by atoms with Gasteiger partial charge in [0.1, 0.15) is 5.76 Å². The molecule has 0 saturated carbocycles. The predicted molar refractivity (Wildman–Crippen MR) is 36.7 cm³/mol. The molecule has 0 radical (unpaired) electrons. The SMILES string of the molecule is NCCCc1cc(=O)[nH]o1. The van der Waals surface area contributed by atoms with Crippen molar-refractivity contribution < 1.29 is 4.52 Å². The standard InChI is InChI=1S/C6H10N2O2/c7-3-1-2-5-4-6(9)8-10-5/h4H,1-3,7H2,(H,8,9). The van der Waals surface area contributed by atoms with Crippen LogP contribution < -0.4 is 11.3 Å². The maximum absolute atomic E-state index is 10.5. The summed E-state index contributed by atoms with van der Waals surface area (Å²) in [4.78, 5) is 10.5. The fraction of sp³-hybridized carbons (Fsp3) is 0.500. The predicted octanol–water partition coefficient (Wildman–Crippen LogP) is -0.141. The van der Waals surface area contributed by atoms with Crippen LogP contribution in [0.15, 0.2) is 15.4 Å². The topological polar surface area (TPSA) is 72.0 Å². The van der Waals surface area contributed by atoms with E-state index in [0.29, 0.717) is 12.3 Å². The third-order valence-electron chi connectivity index (χ3n) is 1.20. The zero-order valence-electron chi connectivity index (χ0n) is 5.59. The smallest absolute Gasteiger partial charge is 0.280 e. The van der Waals surface area contributed by atoms with Gasteiger partial charge in [0, 0.05) is 12.5 Å². The fourth-order valence-electron chi connectivity index (χ4n) is 0.720. The van der Waals surface area contributed by atoms with E-state index in [0.717, 1.165) is 12.8 Å². The van der Waals surface area contributed by atoms with Crippen molar-refractivity contribution in [3.05, 3.63) is 22.2 Å². The zero-order valence-corrected chi connectivity index (χ0v) is 5.59. The zero-order chi connectivity index (χ0) is 7.40. The molecule has 0 aliphatic carbocycles. The highest BCUT2D eigenvalue weighted by atomic mass is 16.5. The van der Waals surface area contributed by atoms with Crippen LogP contribution >= 0.6 is 0 Å². The number of aromatic amines is 1. The number of hydrogen-bond acceptors (Lipinski definition) is 3. The number of nitrogens with one attached hydrogen (secondary N) is 1. The second kappa shape index (κ2) is 3.22. The summed E-state index contributed by atoms with van der Waals surface area (Å²) < 4.78 is 4.77. The molecule has 0 bridgehead atoms. The van der Waals surface area contributed by atoms with Crippen molar-refractivity contribution in [1.82, 2.24) is 5.16 Å². The summed E-state index contributed by atoms with van der Waals surface area (Å²) in [5.74, 6) is 0.676. The molecule has 56 valence electrons. The van der Waals surface area contributed by atoms with Crippen LogP contribution in [-0.4, -0.2) is 11.7 Å². The maximum Gasteiger partial charge on any atom is 0.280 e. The Morgan fingerprint density at radius 3 is 3.00 bits per heavy atom. The van der Waals surface area contributed by atoms with Crippen molar-refractivity contribution >= 4 is 0 Å². The van der Waals surface area contributed by atoms with Crippen LogP contribution in [-0.2, 0) is 6.42 Å². The molecular weight excluding hydrogens is 132 g/mol. The molecule has 4 heteroatoms. The van der Waals surface area contributed by atoms with Gasteiger partial charge < -0.3 is 10.3 Å². The van der Waals surface area contributed by atoms with Crippen LogP contribution in [0.5, 0.6) is 0 Å². The Bertz CT molecular complexity index is 238. The Hall–Kier alpha value is -1.03. The van der Waals surface area contributed by atoms with E-state index in [1.807, 2.05) is 0 Å². The Morgan fingerprint density at radius 1 is 1.70 bits per heavy atom. The Labute approximate surface area is 58.0 Å². The first-order valence-corrected chi connectivity index (χ1v) is 3.20. The second-order valence-electron chi connectivity index (χ2n) is 2.07. The monoisotopic (exact) mass is 142 g/mol. The molecular formula is C6H10N2O2. The molecule has 1 aromatic rings. The van der Waals surface area contributed by atoms with E-state index < -0.39 is 0 Å². The molecule has 10 heavy (non-hydrogen) atoms. The largest absolute Gasteiger partial charge is 0.384 e. The highest BCUT2D eigenvalue weighted by molar-refractivity contribution is 4.93. The summed E-state index contributed by atoms with van der Waals surface area (Å²) in [6.07, 6.45) is 1.58. The van der Waals surface area contributed by atoms with Gasteiger partial charge in [0.25, 0.3) is 5.56 Å². The van der Waals surface area contributed by atoms with Crippen molar-refractivity contribution in [1.29, 1.82) is 0 Å². The van der Waals surface area contributed by atoms with Gasteiger partial charge in [0.15, 0.2) is 0 Å². The first kappa shape index (κ1) is 7.08. The van der Waals surface area contributed by atoms with E-state index in [1.54, 1.807) is 0 Å². The minimum atomic E-state index is -0.188. The molecule has 0 aromatic carbocycles. The van der Waals surface area contributed by atoms with E-state index in [-0.39, 0.29) is 5.56 Å². The Kier molecular flexibility index (Phi) is 2.28. The highest BCUT2D eigenvalue weighted by Gasteiger charge is 1.96. The minimum Gasteiger partial charge on any atom is -0.384 e. The van der Waals surface area contributed by atoms with E-state index >= 15 is 0 Å². The average Bonchev–Trinajstić information content (AvgIpc) is 2.31. The van der Waals surface area contributed by atoms with Crippen molar-refractivity contribution in [2.45, 2.75) is 12.8 Å². The molecule has 0 fully saturated rings. The molecule has 0 unspecified atom stereocenters. The molecule has 0 aliphatic rings. The third-order valence-corrected chi connectivity index (χ3v) is 1.20. The molecule has 1 heterocycles. The number of rotatable bonds is 3. The Balaban J connectivity index is 2.50. The summed E-state index contributed by atoms with van der Waals surface area (Å²) in [5.41, 5.74) is 5.07. The van der Waals surface area contributed by atoms with E-state index in [2.05, 4.69) is 5.16 Å². The molecule has 0 amide bonds. The summed E-state index contributed by atoms with van der Waals surface area (Å²) >= 11 is 0. The van der Waals surface area contributed by atoms with Crippen LogP contribution in [0, 0.1) is 0 Å². The van der Waals surface area contributed by atoms with Gasteiger partial charge in [-0.2, -0.15) is 5.16 Å². The van der Waals surface area contributed by atoms with Crippen molar-refractivity contribution in [3.8, 4) is 0 Å². The number of aromatic nitrogens is 1. The molecule has 4 nitrogen and oxygen atoms in total. The number of H-pyrrole nitrogens is 1. The van der Waals surface area contributed by atoms with E-state index in [4.69, 9.17) is 10.3 Å². The fourth-order valence-corrected chi connectivity index (χ4v) is 0.720. The lowest BCUT2D eigenvalue weighted by molar-refractivity contribution is 0.376. The summed E-state index contributed by atoms with van der Waals surface area (Å²) in [6.45, 7) is 0.620. The van der Waals surface area contributed by atoms with Crippen LogP contribution in [0.25, 0.3) is 0 Å². The number of aryl methyl sites for hydroxylation is 1. The first-order valence-electron chi connectivity index (χ1n) is 3.20. The van der Waals surface area contributed by atoms with Gasteiger partial charge in [-0.25, -0.2) is 0 Å². The Morgan fingerprint density at radius 2 is 2.50 bits per heavy atom. The van der Waals surface area contributed by atoms with E-state index in [9.17, 15) is 4.79 Å². The van der Waals surface area contributed by atoms with Gasteiger partial charge in [0.2, 0.25) is 0 Å². The van der Waals surface area contributed by atoms with Gasteiger partial charge in [-0.05, 0) is 13.0 Å². The third kappa shape index (κ3) is 1.73. The molecule has 0 aliphatic heterocycles. The lowest BCUT2D eigenvalue weighted by Crippen LogP contribution is -1.99. The summed E-state index contributed by atoms with van der Waals surface area (Å²) in [7, 11) is 0. The molecule has 0 saturated heterocycles. The average molecular weight is 142 g/mol. The summed E-state index contributed by atoms with van der Waals surface area (Å²) in [6, 6.07) is 1.44. The maximum atomic E-state index is 10.5. The molecule has 1 rings (SSSR count). The van der Waals surface area contributed by atoms with E-state index in [1.165, 1.54) is 6.07 Å². The highest BCUT2D eigenvalue weighted by Crippen LogP contribution is 1.95. The van der Waals surface area contributed by atoms with Gasteiger partial charge in [0.05, 0.1) is 0 Å². The quantitative estimate of drug-likeness (QED) is 0.617. The van der Waals surface area contributed by atoms with Gasteiger partial charge >= 0.3 is 0 Å². The lowest BCUT2D eigenvalue weighted by atomic mass is 10.2. The molecule has 0 atom stereocenters. The van der Waals surface area contributed by atoms with Gasteiger partial charge in [-0.15, -0.1) is 0 Å². The summed E-state index contributed by atoms with van der Waals surface area (Å²) in [5, 5.41) is 2.21. The van der Waals surface area contributed by atoms with Gasteiger partial charge in [-0.1, -0.05) is 0 Å². The van der Waals surface area contributed by atoms with Crippen molar-refractivity contribution in [2.24, 2.45) is 5.73 Å². The molecule has 3 N–H and O–H groups in total. The van der Waals surface area contributed by atoms with Crippen molar-refractivity contribution in [3.63, 3.8) is 0 Å². The minimum absolute atomic E-state index is 0.188. The number of hydrogen-bond donors (Lipinski definition) is 2. The van der Waals surface area contributed by atoms with Crippen LogP contribution in [0.1, 0.15) is 12.2 Å². The van der Waals surface area contributed by atoms with Crippen LogP contribution in [0.2, 0.25) is 0 Å². The van der Waals surface area contributed by atoms with Crippen LogP contribution in [0.3, 0.4) is 0 Å². The second-order valence-corrected chi connectivity index (χ2v) is 2.07. The molecule has 1 aromatic heterocycles. The normalized spacial score (nSPS) is 10.1. The van der Waals surface area contributed by atoms with Gasteiger partial charge in [-0.3, -0.25) is 4.79 Å². The first-order chi connectivity index (χ1) is 4.83.